The second-order valence-corrected chi connectivity index (χ2v) is 10.4. The Balaban J connectivity index is 0.00000306. The Bertz CT molecular complexity index is 1040. The molecule has 33 heavy (non-hydrogen) atoms. The van der Waals surface area contributed by atoms with E-state index in [9.17, 15) is 4.79 Å². The summed E-state index contributed by atoms with van der Waals surface area (Å²) < 4.78 is 6.47. The minimum Gasteiger partial charge on any atom is -0.379 e. The number of nitrogens with zero attached hydrogens (tertiary/aromatic N) is 3. The van der Waals surface area contributed by atoms with Crippen LogP contribution in [0, 0.1) is 6.92 Å². The first kappa shape index (κ1) is 26.3. The van der Waals surface area contributed by atoms with Crippen molar-refractivity contribution in [2.75, 3.05) is 50.0 Å². The highest BCUT2D eigenvalue weighted by Gasteiger charge is 2.21. The Morgan fingerprint density at radius 1 is 1.24 bits per heavy atom. The first-order valence-electron chi connectivity index (χ1n) is 10.9. The van der Waals surface area contributed by atoms with Crippen LogP contribution in [0.4, 0.5) is 5.13 Å². The molecule has 0 atom stereocenters. The van der Waals surface area contributed by atoms with Crippen molar-refractivity contribution < 1.29 is 9.53 Å². The average Bonchev–Trinajstić information content (AvgIpc) is 3.22. The van der Waals surface area contributed by atoms with Crippen molar-refractivity contribution in [2.24, 2.45) is 0 Å². The number of morpholine rings is 1. The zero-order valence-corrected chi connectivity index (χ0v) is 21.9. The number of rotatable bonds is 9. The molecule has 1 saturated heterocycles. The lowest BCUT2D eigenvalue weighted by Crippen LogP contribution is -2.39. The van der Waals surface area contributed by atoms with E-state index in [1.807, 2.05) is 42.2 Å². The SMILES string of the molecule is Cc1cc(Cl)cc2sc(N(CCCN3CCOCC3)C(=O)CCSc3ccccc3)nc12.Cl. The Kier molecular flexibility index (Phi) is 10.3. The monoisotopic (exact) mass is 525 g/mol. The van der Waals surface area contributed by atoms with Gasteiger partial charge in [-0.1, -0.05) is 41.1 Å². The van der Waals surface area contributed by atoms with E-state index < -0.39 is 0 Å². The van der Waals surface area contributed by atoms with Gasteiger partial charge < -0.3 is 4.74 Å². The van der Waals surface area contributed by atoms with Crippen LogP contribution >= 0.6 is 47.1 Å². The number of aryl methyl sites for hydroxylation is 1. The molecule has 9 heteroatoms. The van der Waals surface area contributed by atoms with Gasteiger partial charge in [-0.2, -0.15) is 0 Å². The van der Waals surface area contributed by atoms with E-state index in [-0.39, 0.29) is 18.3 Å². The predicted molar refractivity (Wildman–Crippen MR) is 143 cm³/mol. The number of amides is 1. The molecule has 4 rings (SSSR count). The number of anilines is 1. The van der Waals surface area contributed by atoms with E-state index >= 15 is 0 Å². The van der Waals surface area contributed by atoms with E-state index in [1.165, 1.54) is 4.90 Å². The van der Waals surface area contributed by atoms with Gasteiger partial charge in [0.2, 0.25) is 5.91 Å². The number of aromatic nitrogens is 1. The molecule has 1 aromatic heterocycles. The number of carbonyl (C=O) groups is 1. The standard InChI is InChI=1S/C24H28ClN3O2S2.ClH/c1-18-16-19(25)17-21-23(18)26-24(32-21)28(10-5-9-27-11-13-30-14-12-27)22(29)8-15-31-20-6-3-2-4-7-20;/h2-4,6-7,16-17H,5,8-15H2,1H3;1H. The topological polar surface area (TPSA) is 45.7 Å². The number of thioether (sulfide) groups is 1. The summed E-state index contributed by atoms with van der Waals surface area (Å²) in [5.74, 6) is 0.872. The first-order valence-corrected chi connectivity index (χ1v) is 13.1. The van der Waals surface area contributed by atoms with E-state index in [0.717, 1.165) is 65.9 Å². The molecule has 0 N–H and O–H groups in total. The molecule has 1 amide bonds. The molecule has 3 aromatic rings. The second kappa shape index (κ2) is 12.9. The number of ether oxygens (including phenoxy) is 1. The van der Waals surface area contributed by atoms with Crippen molar-refractivity contribution in [1.29, 1.82) is 0 Å². The summed E-state index contributed by atoms with van der Waals surface area (Å²) in [7, 11) is 0. The predicted octanol–water partition coefficient (Wildman–Crippen LogP) is 5.92. The van der Waals surface area contributed by atoms with Gasteiger partial charge in [-0.15, -0.1) is 24.2 Å². The van der Waals surface area contributed by atoms with Gasteiger partial charge in [-0.05, 0) is 43.2 Å². The molecule has 0 saturated carbocycles. The molecule has 2 aromatic carbocycles. The summed E-state index contributed by atoms with van der Waals surface area (Å²) >= 11 is 9.51. The third kappa shape index (κ3) is 7.31. The van der Waals surface area contributed by atoms with Crippen molar-refractivity contribution in [3.8, 4) is 0 Å². The van der Waals surface area contributed by atoms with Crippen LogP contribution in [0.5, 0.6) is 0 Å². The van der Waals surface area contributed by atoms with Gasteiger partial charge in [0.25, 0.3) is 0 Å². The number of hydrogen-bond acceptors (Lipinski definition) is 6. The molecule has 0 radical (unpaired) electrons. The molecule has 0 bridgehead atoms. The first-order chi connectivity index (χ1) is 15.6. The number of thiazole rings is 1. The summed E-state index contributed by atoms with van der Waals surface area (Å²) in [6, 6.07) is 14.1. The van der Waals surface area contributed by atoms with Gasteiger partial charge in [0.05, 0.1) is 23.4 Å². The highest BCUT2D eigenvalue weighted by molar-refractivity contribution is 7.99. The number of halogens is 2. The van der Waals surface area contributed by atoms with Crippen molar-refractivity contribution >= 4 is 68.4 Å². The maximum atomic E-state index is 13.3. The van der Waals surface area contributed by atoms with Crippen LogP contribution in [0.25, 0.3) is 10.2 Å². The highest BCUT2D eigenvalue weighted by Crippen LogP contribution is 2.33. The second-order valence-electron chi connectivity index (χ2n) is 7.83. The zero-order valence-electron chi connectivity index (χ0n) is 18.7. The molecular weight excluding hydrogens is 497 g/mol. The summed E-state index contributed by atoms with van der Waals surface area (Å²) in [5.41, 5.74) is 1.97. The summed E-state index contributed by atoms with van der Waals surface area (Å²) in [4.78, 5) is 23.6. The molecule has 2 heterocycles. The van der Waals surface area contributed by atoms with Gasteiger partial charge in [0, 0.05) is 48.3 Å². The molecular formula is C24H29Cl2N3O2S2. The summed E-state index contributed by atoms with van der Waals surface area (Å²) in [5, 5.41) is 1.47. The summed E-state index contributed by atoms with van der Waals surface area (Å²) in [6.07, 6.45) is 1.39. The number of hydrogen-bond donors (Lipinski definition) is 0. The van der Waals surface area contributed by atoms with Crippen LogP contribution in [0.15, 0.2) is 47.4 Å². The van der Waals surface area contributed by atoms with Gasteiger partial charge in [-0.3, -0.25) is 14.6 Å². The number of carbonyl (C=O) groups excluding carboxylic acids is 1. The molecule has 0 aliphatic carbocycles. The Hall–Kier alpha value is -1.35. The van der Waals surface area contributed by atoms with Crippen LogP contribution in [0.1, 0.15) is 18.4 Å². The molecule has 5 nitrogen and oxygen atoms in total. The quantitative estimate of drug-likeness (QED) is 0.324. The zero-order chi connectivity index (χ0) is 22.3. The number of benzene rings is 2. The Labute approximate surface area is 214 Å². The minimum atomic E-state index is 0. The highest BCUT2D eigenvalue weighted by atomic mass is 35.5. The smallest absolute Gasteiger partial charge is 0.229 e. The largest absolute Gasteiger partial charge is 0.379 e. The fraction of sp³-hybridized carbons (Fsp3) is 0.417. The van der Waals surface area contributed by atoms with E-state index in [4.69, 9.17) is 21.3 Å². The van der Waals surface area contributed by atoms with Crippen molar-refractivity contribution in [1.82, 2.24) is 9.88 Å². The third-order valence-corrected chi connectivity index (χ3v) is 7.72. The molecule has 1 fully saturated rings. The number of fused-ring (bicyclic) bond motifs is 1. The van der Waals surface area contributed by atoms with Crippen LogP contribution < -0.4 is 4.90 Å². The van der Waals surface area contributed by atoms with E-state index in [0.29, 0.717) is 18.0 Å². The van der Waals surface area contributed by atoms with Crippen molar-refractivity contribution in [3.05, 3.63) is 53.1 Å². The van der Waals surface area contributed by atoms with Crippen molar-refractivity contribution in [3.63, 3.8) is 0 Å². The van der Waals surface area contributed by atoms with E-state index in [2.05, 4.69) is 17.0 Å². The Morgan fingerprint density at radius 3 is 2.76 bits per heavy atom. The Morgan fingerprint density at radius 2 is 2.00 bits per heavy atom. The molecule has 0 unspecified atom stereocenters. The lowest BCUT2D eigenvalue weighted by atomic mass is 10.2. The summed E-state index contributed by atoms with van der Waals surface area (Å²) in [6.45, 7) is 7.13. The molecule has 0 spiro atoms. The molecule has 178 valence electrons. The van der Waals surface area contributed by atoms with Gasteiger partial charge in [-0.25, -0.2) is 4.98 Å². The fourth-order valence-electron chi connectivity index (χ4n) is 3.77. The lowest BCUT2D eigenvalue weighted by Gasteiger charge is -2.27. The van der Waals surface area contributed by atoms with E-state index in [1.54, 1.807) is 23.1 Å². The minimum absolute atomic E-state index is 0. The van der Waals surface area contributed by atoms with Gasteiger partial charge in [0.15, 0.2) is 5.13 Å². The average molecular weight is 527 g/mol. The molecule has 1 aliphatic rings. The normalized spacial score (nSPS) is 14.2. The maximum absolute atomic E-state index is 13.3. The fourth-order valence-corrected chi connectivity index (χ4v) is 6.10. The van der Waals surface area contributed by atoms with Gasteiger partial charge in [0.1, 0.15) is 0 Å². The molecule has 1 aliphatic heterocycles. The lowest BCUT2D eigenvalue weighted by molar-refractivity contribution is -0.118. The van der Waals surface area contributed by atoms with Crippen LogP contribution in [-0.2, 0) is 9.53 Å². The third-order valence-electron chi connectivity index (χ3n) is 5.46. The van der Waals surface area contributed by atoms with Crippen LogP contribution in [0.2, 0.25) is 5.02 Å². The van der Waals surface area contributed by atoms with Crippen LogP contribution in [0.3, 0.4) is 0 Å². The van der Waals surface area contributed by atoms with Crippen LogP contribution in [-0.4, -0.2) is 60.9 Å². The van der Waals surface area contributed by atoms with Crippen molar-refractivity contribution in [2.45, 2.75) is 24.7 Å². The van der Waals surface area contributed by atoms with Gasteiger partial charge >= 0.3 is 0 Å². The maximum Gasteiger partial charge on any atom is 0.229 e.